The number of benzene rings is 2. The molecule has 183 valence electrons. The zero-order chi connectivity index (χ0) is 24.9. The highest BCUT2D eigenvalue weighted by molar-refractivity contribution is 7.91. The lowest BCUT2D eigenvalue weighted by Gasteiger charge is -2.37. The number of carbonyl (C=O) groups excluding carboxylic acids is 2. The summed E-state index contributed by atoms with van der Waals surface area (Å²) in [5.74, 6) is -0.924. The van der Waals surface area contributed by atoms with E-state index in [1.165, 1.54) is 21.6 Å². The van der Waals surface area contributed by atoms with Gasteiger partial charge in [0.25, 0.3) is 5.91 Å². The van der Waals surface area contributed by atoms with E-state index in [9.17, 15) is 23.1 Å². The number of sulfone groups is 1. The van der Waals surface area contributed by atoms with E-state index in [1.807, 2.05) is 0 Å². The summed E-state index contributed by atoms with van der Waals surface area (Å²) in [5, 5.41) is 12.5. The van der Waals surface area contributed by atoms with Crippen LogP contribution >= 0.6 is 11.6 Å². The highest BCUT2D eigenvalue weighted by Gasteiger charge is 2.37. The van der Waals surface area contributed by atoms with Crippen molar-refractivity contribution in [2.24, 2.45) is 0 Å². The number of aromatic nitrogens is 2. The van der Waals surface area contributed by atoms with Crippen molar-refractivity contribution in [3.05, 3.63) is 66.1 Å². The number of piperidine rings is 1. The molecule has 1 saturated heterocycles. The molecular weight excluding hydrogens is 492 g/mol. The lowest BCUT2D eigenvalue weighted by Crippen LogP contribution is -2.50. The molecule has 0 unspecified atom stereocenters. The van der Waals surface area contributed by atoms with E-state index in [-0.39, 0.29) is 17.0 Å². The second-order valence-corrected chi connectivity index (χ2v) is 11.4. The molecule has 2 aromatic carbocycles. The maximum atomic E-state index is 12.9. The number of hydrogen-bond acceptors (Lipinski definition) is 6. The summed E-state index contributed by atoms with van der Waals surface area (Å²) < 4.78 is 27.3. The van der Waals surface area contributed by atoms with Crippen molar-refractivity contribution in [3.8, 4) is 0 Å². The van der Waals surface area contributed by atoms with Gasteiger partial charge in [0.1, 0.15) is 11.9 Å². The standard InChI is InChI=1S/C24H24ClN4O5S/c1-15-26-12-20-13-28(24(32)29(15)20)19-6-8-27(9-7-19)23(31)22(30)14-35(33,34)21-5-3-16-10-18(25)4-2-17(16)11-21/h2-5,10-12,19,22,30H,1,6-9,13-14H2/t22-/m1/s1. The Bertz CT molecular complexity index is 1430. The Kier molecular flexibility index (Phi) is 6.06. The topological polar surface area (TPSA) is 113 Å². The molecule has 11 heteroatoms. The Morgan fingerprint density at radius 1 is 1.17 bits per heavy atom. The fourth-order valence-electron chi connectivity index (χ4n) is 4.80. The molecule has 1 N–H and O–H groups in total. The maximum Gasteiger partial charge on any atom is 0.330 e. The van der Waals surface area contributed by atoms with Crippen LogP contribution in [0.25, 0.3) is 10.8 Å². The summed E-state index contributed by atoms with van der Waals surface area (Å²) in [7, 11) is -3.90. The molecule has 1 radical (unpaired) electrons. The molecule has 0 bridgehead atoms. The number of amides is 2. The fraction of sp³-hybridized carbons (Fsp3) is 0.333. The number of aliphatic hydroxyl groups is 1. The van der Waals surface area contributed by atoms with Crippen LogP contribution in [0.1, 0.15) is 24.4 Å². The first kappa shape index (κ1) is 23.8. The van der Waals surface area contributed by atoms with Crippen LogP contribution in [0.3, 0.4) is 0 Å². The summed E-state index contributed by atoms with van der Waals surface area (Å²) in [6.45, 7) is 4.87. The van der Waals surface area contributed by atoms with Crippen molar-refractivity contribution >= 4 is 44.1 Å². The summed E-state index contributed by atoms with van der Waals surface area (Å²) in [5.41, 5.74) is 0.788. The highest BCUT2D eigenvalue weighted by Crippen LogP contribution is 2.27. The number of carbonyl (C=O) groups is 2. The number of aliphatic hydroxyl groups excluding tert-OH is 1. The van der Waals surface area contributed by atoms with Gasteiger partial charge in [0.15, 0.2) is 9.84 Å². The van der Waals surface area contributed by atoms with E-state index in [0.29, 0.717) is 48.7 Å². The first-order chi connectivity index (χ1) is 16.6. The van der Waals surface area contributed by atoms with Crippen LogP contribution < -0.4 is 0 Å². The van der Waals surface area contributed by atoms with Crippen molar-refractivity contribution in [1.82, 2.24) is 19.4 Å². The van der Waals surface area contributed by atoms with Crippen LogP contribution in [0.15, 0.2) is 47.5 Å². The highest BCUT2D eigenvalue weighted by atomic mass is 35.5. The Hall–Kier alpha value is -2.95. The van der Waals surface area contributed by atoms with Crippen LogP contribution in [0, 0.1) is 6.92 Å². The molecule has 2 aliphatic heterocycles. The number of rotatable bonds is 5. The minimum Gasteiger partial charge on any atom is -0.382 e. The molecule has 2 amide bonds. The lowest BCUT2D eigenvalue weighted by atomic mass is 10.0. The van der Waals surface area contributed by atoms with Gasteiger partial charge in [-0.3, -0.25) is 9.36 Å². The SMILES string of the molecule is [CH2]c1ncc2n1C(=O)N(C1CCN(C(=O)[C@H](O)CS(=O)(=O)c3ccc4cc(Cl)ccc4c3)CC1)C2. The molecule has 0 saturated carbocycles. The van der Waals surface area contributed by atoms with E-state index >= 15 is 0 Å². The number of halogens is 1. The van der Waals surface area contributed by atoms with Crippen molar-refractivity contribution in [2.45, 2.75) is 36.4 Å². The molecule has 5 rings (SSSR count). The molecule has 3 heterocycles. The Labute approximate surface area is 207 Å². The smallest absolute Gasteiger partial charge is 0.330 e. The predicted molar refractivity (Wildman–Crippen MR) is 130 cm³/mol. The average molecular weight is 516 g/mol. The zero-order valence-electron chi connectivity index (χ0n) is 18.8. The predicted octanol–water partition coefficient (Wildman–Crippen LogP) is 2.48. The lowest BCUT2D eigenvalue weighted by molar-refractivity contribution is -0.140. The van der Waals surface area contributed by atoms with Crippen molar-refractivity contribution < 1.29 is 23.1 Å². The fourth-order valence-corrected chi connectivity index (χ4v) is 6.32. The summed E-state index contributed by atoms with van der Waals surface area (Å²) in [6.07, 6.45) is 1.04. The van der Waals surface area contributed by atoms with Crippen molar-refractivity contribution in [1.29, 1.82) is 0 Å². The normalized spacial score (nSPS) is 17.7. The second-order valence-electron chi connectivity index (χ2n) is 8.92. The largest absolute Gasteiger partial charge is 0.382 e. The second kappa shape index (κ2) is 8.92. The molecule has 9 nitrogen and oxygen atoms in total. The van der Waals surface area contributed by atoms with Gasteiger partial charge in [0.2, 0.25) is 0 Å². The van der Waals surface area contributed by atoms with Gasteiger partial charge in [0.05, 0.1) is 29.1 Å². The van der Waals surface area contributed by atoms with Crippen molar-refractivity contribution in [2.75, 3.05) is 18.8 Å². The van der Waals surface area contributed by atoms with Gasteiger partial charge in [-0.25, -0.2) is 18.2 Å². The monoisotopic (exact) mass is 515 g/mol. The van der Waals surface area contributed by atoms with E-state index in [4.69, 9.17) is 11.6 Å². The Balaban J connectivity index is 1.20. The van der Waals surface area contributed by atoms with Crippen LogP contribution in [0.2, 0.25) is 5.02 Å². The van der Waals surface area contributed by atoms with Crippen LogP contribution in [-0.2, 0) is 21.2 Å². The van der Waals surface area contributed by atoms with E-state index in [2.05, 4.69) is 11.9 Å². The summed E-state index contributed by atoms with van der Waals surface area (Å²) >= 11 is 5.98. The average Bonchev–Trinajstić information content (AvgIpc) is 3.37. The third-order valence-corrected chi connectivity index (χ3v) is 8.65. The zero-order valence-corrected chi connectivity index (χ0v) is 20.4. The van der Waals surface area contributed by atoms with Crippen LogP contribution in [0.5, 0.6) is 0 Å². The van der Waals surface area contributed by atoms with Gasteiger partial charge in [-0.15, -0.1) is 0 Å². The molecule has 0 aliphatic carbocycles. The van der Waals surface area contributed by atoms with Gasteiger partial charge in [0, 0.05) is 31.1 Å². The third-order valence-electron chi connectivity index (χ3n) is 6.69. The van der Waals surface area contributed by atoms with Gasteiger partial charge >= 0.3 is 6.03 Å². The first-order valence-corrected chi connectivity index (χ1v) is 13.3. The molecule has 1 atom stereocenters. The molecule has 0 spiro atoms. The van der Waals surface area contributed by atoms with E-state index in [1.54, 1.807) is 35.4 Å². The van der Waals surface area contributed by atoms with E-state index in [0.717, 1.165) is 11.1 Å². The molecule has 2 aliphatic rings. The summed E-state index contributed by atoms with van der Waals surface area (Å²) in [6, 6.07) is 9.51. The number of imidazole rings is 1. The van der Waals surface area contributed by atoms with Gasteiger partial charge in [-0.05, 0) is 47.9 Å². The molecular formula is C24H24ClN4O5S. The molecule has 1 aromatic heterocycles. The molecule has 1 fully saturated rings. The van der Waals surface area contributed by atoms with Gasteiger partial charge in [-0.2, -0.15) is 0 Å². The Morgan fingerprint density at radius 2 is 1.86 bits per heavy atom. The summed E-state index contributed by atoms with van der Waals surface area (Å²) in [4.78, 5) is 32.8. The number of nitrogens with zero attached hydrogens (tertiary/aromatic N) is 4. The number of fused-ring (bicyclic) bond motifs is 2. The minimum atomic E-state index is -3.90. The van der Waals surface area contributed by atoms with Crippen LogP contribution in [0.4, 0.5) is 4.79 Å². The Morgan fingerprint density at radius 3 is 2.57 bits per heavy atom. The third kappa shape index (κ3) is 4.41. The number of likely N-dealkylation sites (tertiary alicyclic amines) is 1. The van der Waals surface area contributed by atoms with Crippen molar-refractivity contribution in [3.63, 3.8) is 0 Å². The molecule has 35 heavy (non-hydrogen) atoms. The maximum absolute atomic E-state index is 12.9. The first-order valence-electron chi connectivity index (χ1n) is 11.2. The van der Waals surface area contributed by atoms with Gasteiger partial charge in [-0.1, -0.05) is 23.7 Å². The van der Waals surface area contributed by atoms with E-state index < -0.39 is 27.6 Å². The quantitative estimate of drug-likeness (QED) is 0.558. The number of hydrogen-bond donors (Lipinski definition) is 1. The van der Waals surface area contributed by atoms with Crippen LogP contribution in [-0.4, -0.2) is 75.8 Å². The van der Waals surface area contributed by atoms with Gasteiger partial charge < -0.3 is 14.9 Å². The molecule has 3 aromatic rings. The minimum absolute atomic E-state index is 0.0357.